The van der Waals surface area contributed by atoms with Crippen LogP contribution >= 0.6 is 0 Å². The van der Waals surface area contributed by atoms with Gasteiger partial charge in [-0.15, -0.1) is 0 Å². The van der Waals surface area contributed by atoms with Crippen molar-refractivity contribution in [1.82, 2.24) is 10.2 Å². The highest BCUT2D eigenvalue weighted by Crippen LogP contribution is 2.18. The van der Waals surface area contributed by atoms with Crippen LogP contribution < -0.4 is 5.32 Å². The molecule has 0 unspecified atom stereocenters. The number of amides is 1. The fourth-order valence-electron chi connectivity index (χ4n) is 1.78. The second-order valence-corrected chi connectivity index (χ2v) is 5.41. The predicted molar refractivity (Wildman–Crippen MR) is 77.2 cm³/mol. The first-order valence-electron chi connectivity index (χ1n) is 6.67. The van der Waals surface area contributed by atoms with Gasteiger partial charge in [0.2, 0.25) is 11.7 Å². The molecule has 0 spiro atoms. The van der Waals surface area contributed by atoms with Crippen molar-refractivity contribution in [2.24, 2.45) is 5.92 Å². The van der Waals surface area contributed by atoms with Gasteiger partial charge in [-0.2, -0.15) is 4.39 Å². The lowest BCUT2D eigenvalue weighted by atomic mass is 10.2. The van der Waals surface area contributed by atoms with E-state index in [2.05, 4.69) is 5.32 Å². The zero-order valence-electron chi connectivity index (χ0n) is 12.4. The summed E-state index contributed by atoms with van der Waals surface area (Å²) in [4.78, 5) is 23.1. The third kappa shape index (κ3) is 5.86. The van der Waals surface area contributed by atoms with E-state index in [0.717, 1.165) is 12.1 Å². The molecule has 0 bridgehead atoms. The Balaban J connectivity index is 2.55. The van der Waals surface area contributed by atoms with Gasteiger partial charge in [0.05, 0.1) is 11.5 Å². The van der Waals surface area contributed by atoms with Gasteiger partial charge in [-0.05, 0) is 24.6 Å². The van der Waals surface area contributed by atoms with Crippen molar-refractivity contribution in [3.63, 3.8) is 0 Å². The molecule has 0 heterocycles. The van der Waals surface area contributed by atoms with E-state index in [1.807, 2.05) is 13.8 Å². The minimum Gasteiger partial charge on any atom is -0.355 e. The van der Waals surface area contributed by atoms with E-state index in [1.165, 1.54) is 6.07 Å². The molecular weight excluding hydrogens is 277 g/mol. The molecule has 0 radical (unpaired) electrons. The Hall–Kier alpha value is -2.02. The van der Waals surface area contributed by atoms with Crippen molar-refractivity contribution in [3.8, 4) is 0 Å². The van der Waals surface area contributed by atoms with Crippen LogP contribution in [0.4, 0.5) is 10.1 Å². The number of nitrogens with zero attached hydrogens (tertiary/aromatic N) is 2. The maximum absolute atomic E-state index is 13.5. The number of nitro groups is 1. The summed E-state index contributed by atoms with van der Waals surface area (Å²) >= 11 is 0. The molecule has 0 aromatic heterocycles. The Morgan fingerprint density at radius 3 is 2.67 bits per heavy atom. The SMILES string of the molecule is CC(C)CNC(=O)CN(C)Cc1ccc([N+](=O)[O-])c(F)c1. The molecule has 0 fully saturated rings. The Morgan fingerprint density at radius 1 is 1.48 bits per heavy atom. The van der Waals surface area contributed by atoms with Gasteiger partial charge < -0.3 is 5.32 Å². The average molecular weight is 297 g/mol. The van der Waals surface area contributed by atoms with Gasteiger partial charge in [0.25, 0.3) is 0 Å². The van der Waals surface area contributed by atoms with E-state index in [1.54, 1.807) is 11.9 Å². The van der Waals surface area contributed by atoms with Gasteiger partial charge in [-0.25, -0.2) is 0 Å². The molecule has 0 aliphatic carbocycles. The first-order chi connectivity index (χ1) is 9.79. The summed E-state index contributed by atoms with van der Waals surface area (Å²) in [6.07, 6.45) is 0. The van der Waals surface area contributed by atoms with Crippen molar-refractivity contribution in [3.05, 3.63) is 39.7 Å². The molecule has 1 aromatic carbocycles. The van der Waals surface area contributed by atoms with Gasteiger partial charge in [-0.1, -0.05) is 19.9 Å². The summed E-state index contributed by atoms with van der Waals surface area (Å²) in [6.45, 7) is 5.14. The van der Waals surface area contributed by atoms with Crippen molar-refractivity contribution in [2.75, 3.05) is 20.1 Å². The molecule has 116 valence electrons. The maximum atomic E-state index is 13.5. The van der Waals surface area contributed by atoms with Gasteiger partial charge >= 0.3 is 5.69 Å². The molecule has 1 rings (SSSR count). The predicted octanol–water partition coefficient (Wildman–Crippen LogP) is 1.94. The van der Waals surface area contributed by atoms with E-state index < -0.39 is 16.4 Å². The number of carbonyl (C=O) groups excluding carboxylic acids is 1. The molecule has 1 aromatic rings. The van der Waals surface area contributed by atoms with Crippen LogP contribution in [0.25, 0.3) is 0 Å². The topological polar surface area (TPSA) is 75.5 Å². The van der Waals surface area contributed by atoms with Crippen LogP contribution in [0.5, 0.6) is 0 Å². The Labute approximate surface area is 123 Å². The van der Waals surface area contributed by atoms with E-state index in [0.29, 0.717) is 24.6 Å². The molecule has 21 heavy (non-hydrogen) atoms. The first-order valence-corrected chi connectivity index (χ1v) is 6.67. The summed E-state index contributed by atoms with van der Waals surface area (Å²) < 4.78 is 13.5. The number of likely N-dealkylation sites (N-methyl/N-ethyl adjacent to an activating group) is 1. The molecule has 6 nitrogen and oxygen atoms in total. The summed E-state index contributed by atoms with van der Waals surface area (Å²) in [5.41, 5.74) is 0.0355. The third-order valence-electron chi connectivity index (χ3n) is 2.78. The second-order valence-electron chi connectivity index (χ2n) is 5.41. The fourth-order valence-corrected chi connectivity index (χ4v) is 1.78. The Bertz CT molecular complexity index is 520. The average Bonchev–Trinajstić information content (AvgIpc) is 2.35. The number of halogens is 1. The highest BCUT2D eigenvalue weighted by molar-refractivity contribution is 5.77. The van der Waals surface area contributed by atoms with E-state index in [4.69, 9.17) is 0 Å². The van der Waals surface area contributed by atoms with Crippen LogP contribution in [0.1, 0.15) is 19.4 Å². The van der Waals surface area contributed by atoms with Crippen LogP contribution in [-0.4, -0.2) is 35.9 Å². The normalized spacial score (nSPS) is 11.0. The van der Waals surface area contributed by atoms with Crippen molar-refractivity contribution in [2.45, 2.75) is 20.4 Å². The zero-order valence-corrected chi connectivity index (χ0v) is 12.4. The van der Waals surface area contributed by atoms with Gasteiger partial charge in [0, 0.05) is 19.2 Å². The number of nitro benzene ring substituents is 1. The van der Waals surface area contributed by atoms with Gasteiger partial charge in [-0.3, -0.25) is 19.8 Å². The molecule has 0 aliphatic heterocycles. The van der Waals surface area contributed by atoms with Crippen LogP contribution in [0, 0.1) is 21.8 Å². The summed E-state index contributed by atoms with van der Waals surface area (Å²) in [5, 5.41) is 13.3. The van der Waals surface area contributed by atoms with E-state index in [9.17, 15) is 19.3 Å². The zero-order chi connectivity index (χ0) is 16.0. The first kappa shape index (κ1) is 17.0. The van der Waals surface area contributed by atoms with Crippen molar-refractivity contribution >= 4 is 11.6 Å². The van der Waals surface area contributed by atoms with Crippen LogP contribution in [0.3, 0.4) is 0 Å². The molecular formula is C14H20FN3O3. The minimum atomic E-state index is -0.866. The molecule has 0 atom stereocenters. The highest BCUT2D eigenvalue weighted by Gasteiger charge is 2.15. The quantitative estimate of drug-likeness (QED) is 0.616. The fraction of sp³-hybridized carbons (Fsp3) is 0.500. The van der Waals surface area contributed by atoms with Gasteiger partial charge in [0.15, 0.2) is 0 Å². The third-order valence-corrected chi connectivity index (χ3v) is 2.78. The molecule has 7 heteroatoms. The number of nitrogens with one attached hydrogen (secondary N) is 1. The highest BCUT2D eigenvalue weighted by atomic mass is 19.1. The molecule has 0 saturated carbocycles. The molecule has 0 saturated heterocycles. The number of hydrogen-bond acceptors (Lipinski definition) is 4. The maximum Gasteiger partial charge on any atom is 0.304 e. The van der Waals surface area contributed by atoms with Crippen LogP contribution in [0.2, 0.25) is 0 Å². The Morgan fingerprint density at radius 2 is 2.14 bits per heavy atom. The molecule has 1 N–H and O–H groups in total. The van der Waals surface area contributed by atoms with Crippen molar-refractivity contribution in [1.29, 1.82) is 0 Å². The van der Waals surface area contributed by atoms with Gasteiger partial charge in [0.1, 0.15) is 0 Å². The lowest BCUT2D eigenvalue weighted by Gasteiger charge is -2.17. The molecule has 0 aliphatic rings. The summed E-state index contributed by atoms with van der Waals surface area (Å²) in [7, 11) is 1.73. The van der Waals surface area contributed by atoms with E-state index >= 15 is 0 Å². The number of rotatable bonds is 7. The lowest BCUT2D eigenvalue weighted by Crippen LogP contribution is -2.36. The molecule has 1 amide bonds. The van der Waals surface area contributed by atoms with Crippen LogP contribution in [-0.2, 0) is 11.3 Å². The smallest absolute Gasteiger partial charge is 0.304 e. The second kappa shape index (κ2) is 7.68. The number of carbonyl (C=O) groups is 1. The Kier molecular flexibility index (Phi) is 6.23. The van der Waals surface area contributed by atoms with Crippen LogP contribution in [0.15, 0.2) is 18.2 Å². The monoisotopic (exact) mass is 297 g/mol. The summed E-state index contributed by atoms with van der Waals surface area (Å²) in [6, 6.07) is 3.75. The largest absolute Gasteiger partial charge is 0.355 e. The number of hydrogen-bond donors (Lipinski definition) is 1. The van der Waals surface area contributed by atoms with Crippen molar-refractivity contribution < 1.29 is 14.1 Å². The number of benzene rings is 1. The van der Waals surface area contributed by atoms with E-state index in [-0.39, 0.29) is 12.5 Å². The minimum absolute atomic E-state index is 0.103. The lowest BCUT2D eigenvalue weighted by molar-refractivity contribution is -0.387. The standard InChI is InChI=1S/C14H20FN3O3/c1-10(2)7-16-14(19)9-17(3)8-11-4-5-13(18(20)21)12(15)6-11/h4-6,10H,7-9H2,1-3H3,(H,16,19). The summed E-state index contributed by atoms with van der Waals surface area (Å²) in [5.74, 6) is -0.591.